The first-order chi connectivity index (χ1) is 7.34. The van der Waals surface area contributed by atoms with Gasteiger partial charge >= 0.3 is 0 Å². The van der Waals surface area contributed by atoms with Gasteiger partial charge in [-0.15, -0.1) is 0 Å². The maximum Gasteiger partial charge on any atom is 0.0499 e. The third-order valence-electron chi connectivity index (χ3n) is 2.88. The fourth-order valence-corrected chi connectivity index (χ4v) is 2.10. The van der Waals surface area contributed by atoms with E-state index < -0.39 is 0 Å². The number of nitrogens with zero attached hydrogens (tertiary/aromatic N) is 1. The van der Waals surface area contributed by atoms with E-state index >= 15 is 0 Å². The number of aliphatic imine (C=N–C) groups is 1. The Balaban J connectivity index is 1.95. The van der Waals surface area contributed by atoms with Gasteiger partial charge in [0, 0.05) is 17.3 Å². The molecule has 0 aliphatic heterocycles. The summed E-state index contributed by atoms with van der Waals surface area (Å²) in [4.78, 5) is 4.62. The zero-order valence-electron chi connectivity index (χ0n) is 8.82. The number of hydrogen-bond acceptors (Lipinski definition) is 1. The molecule has 0 N–H and O–H groups in total. The van der Waals surface area contributed by atoms with Crippen LogP contribution in [0.15, 0.2) is 29.3 Å². The number of halogens is 1. The van der Waals surface area contributed by atoms with Crippen LogP contribution >= 0.6 is 11.6 Å². The van der Waals surface area contributed by atoms with Crippen LogP contribution in [0.1, 0.15) is 37.7 Å². The van der Waals surface area contributed by atoms with E-state index in [0.29, 0.717) is 6.04 Å². The van der Waals surface area contributed by atoms with Crippen LogP contribution in [-0.4, -0.2) is 12.3 Å². The van der Waals surface area contributed by atoms with Crippen molar-refractivity contribution in [1.29, 1.82) is 0 Å². The average molecular weight is 222 g/mol. The van der Waals surface area contributed by atoms with E-state index in [1.807, 2.05) is 30.5 Å². The first-order valence-electron chi connectivity index (χ1n) is 5.63. The minimum atomic E-state index is 0.550. The van der Waals surface area contributed by atoms with Gasteiger partial charge in [0.15, 0.2) is 0 Å². The average Bonchev–Trinajstić information content (AvgIpc) is 2.30. The lowest BCUT2D eigenvalue weighted by atomic mass is 9.96. The molecule has 0 unspecified atom stereocenters. The van der Waals surface area contributed by atoms with Crippen LogP contribution in [0.2, 0.25) is 5.02 Å². The molecule has 0 bridgehead atoms. The molecule has 80 valence electrons. The summed E-state index contributed by atoms with van der Waals surface area (Å²) >= 11 is 5.82. The smallest absolute Gasteiger partial charge is 0.0499 e. The summed E-state index contributed by atoms with van der Waals surface area (Å²) in [5.41, 5.74) is 1.14. The van der Waals surface area contributed by atoms with Crippen LogP contribution in [0.25, 0.3) is 0 Å². The van der Waals surface area contributed by atoms with Crippen LogP contribution in [0.4, 0.5) is 0 Å². The van der Waals surface area contributed by atoms with Gasteiger partial charge in [0.1, 0.15) is 0 Å². The molecule has 2 rings (SSSR count). The number of benzene rings is 1. The van der Waals surface area contributed by atoms with E-state index in [4.69, 9.17) is 11.6 Å². The van der Waals surface area contributed by atoms with Gasteiger partial charge in [0.2, 0.25) is 0 Å². The summed E-state index contributed by atoms with van der Waals surface area (Å²) in [6.45, 7) is 0. The summed E-state index contributed by atoms with van der Waals surface area (Å²) < 4.78 is 0. The first-order valence-corrected chi connectivity index (χ1v) is 6.01. The quantitative estimate of drug-likeness (QED) is 0.667. The molecule has 0 radical (unpaired) electrons. The normalized spacial score (nSPS) is 18.5. The highest BCUT2D eigenvalue weighted by molar-refractivity contribution is 6.30. The minimum Gasteiger partial charge on any atom is -0.289 e. The van der Waals surface area contributed by atoms with Crippen molar-refractivity contribution in [1.82, 2.24) is 0 Å². The van der Waals surface area contributed by atoms with Crippen molar-refractivity contribution >= 4 is 17.8 Å². The van der Waals surface area contributed by atoms with Crippen molar-refractivity contribution in [2.45, 2.75) is 38.1 Å². The van der Waals surface area contributed by atoms with Crippen molar-refractivity contribution in [3.63, 3.8) is 0 Å². The van der Waals surface area contributed by atoms with E-state index in [0.717, 1.165) is 10.6 Å². The Morgan fingerprint density at radius 3 is 2.40 bits per heavy atom. The number of rotatable bonds is 2. The second-order valence-corrected chi connectivity index (χ2v) is 4.56. The molecular formula is C13H16ClN. The van der Waals surface area contributed by atoms with Gasteiger partial charge in [-0.3, -0.25) is 4.99 Å². The highest BCUT2D eigenvalue weighted by Crippen LogP contribution is 2.20. The molecule has 0 heterocycles. The lowest BCUT2D eigenvalue weighted by Gasteiger charge is -2.16. The van der Waals surface area contributed by atoms with Crippen molar-refractivity contribution in [3.05, 3.63) is 34.9 Å². The Labute approximate surface area is 96.2 Å². The molecule has 0 aromatic heterocycles. The van der Waals surface area contributed by atoms with Gasteiger partial charge in [-0.2, -0.15) is 0 Å². The molecule has 1 nitrogen and oxygen atoms in total. The SMILES string of the molecule is Clc1ccc(/C=N/C2CCCCC2)cc1. The first kappa shape index (κ1) is 10.7. The Kier molecular flexibility index (Phi) is 3.79. The lowest BCUT2D eigenvalue weighted by molar-refractivity contribution is 0.444. The fourth-order valence-electron chi connectivity index (χ4n) is 1.97. The molecule has 1 saturated carbocycles. The Morgan fingerprint density at radius 2 is 1.73 bits per heavy atom. The Hall–Kier alpha value is -0.820. The third kappa shape index (κ3) is 3.35. The van der Waals surface area contributed by atoms with Gasteiger partial charge in [-0.25, -0.2) is 0 Å². The van der Waals surface area contributed by atoms with E-state index in [9.17, 15) is 0 Å². The second-order valence-electron chi connectivity index (χ2n) is 4.12. The maximum atomic E-state index is 5.82. The summed E-state index contributed by atoms with van der Waals surface area (Å²) in [6, 6.07) is 8.38. The van der Waals surface area contributed by atoms with E-state index in [2.05, 4.69) is 4.99 Å². The van der Waals surface area contributed by atoms with Gasteiger partial charge in [0.05, 0.1) is 0 Å². The molecule has 0 amide bonds. The molecule has 1 aliphatic carbocycles. The van der Waals surface area contributed by atoms with Crippen LogP contribution in [0.5, 0.6) is 0 Å². The van der Waals surface area contributed by atoms with Crippen molar-refractivity contribution in [2.24, 2.45) is 4.99 Å². The lowest BCUT2D eigenvalue weighted by Crippen LogP contribution is -2.09. The van der Waals surface area contributed by atoms with E-state index in [1.54, 1.807) is 0 Å². The zero-order chi connectivity index (χ0) is 10.5. The zero-order valence-corrected chi connectivity index (χ0v) is 9.58. The van der Waals surface area contributed by atoms with E-state index in [1.165, 1.54) is 32.1 Å². The molecule has 2 heteroatoms. The predicted molar refractivity (Wildman–Crippen MR) is 65.9 cm³/mol. The largest absolute Gasteiger partial charge is 0.289 e. The topological polar surface area (TPSA) is 12.4 Å². The highest BCUT2D eigenvalue weighted by Gasteiger charge is 2.10. The molecule has 0 atom stereocenters. The fraction of sp³-hybridized carbons (Fsp3) is 0.462. The van der Waals surface area contributed by atoms with Crippen molar-refractivity contribution in [3.8, 4) is 0 Å². The second kappa shape index (κ2) is 5.32. The van der Waals surface area contributed by atoms with E-state index in [-0.39, 0.29) is 0 Å². The van der Waals surface area contributed by atoms with Gasteiger partial charge in [0.25, 0.3) is 0 Å². The predicted octanol–water partition coefficient (Wildman–Crippen LogP) is 4.09. The van der Waals surface area contributed by atoms with Gasteiger partial charge in [-0.1, -0.05) is 43.0 Å². The Morgan fingerprint density at radius 1 is 1.07 bits per heavy atom. The molecule has 0 spiro atoms. The molecule has 0 saturated heterocycles. The molecule has 1 aliphatic rings. The van der Waals surface area contributed by atoms with Crippen LogP contribution in [-0.2, 0) is 0 Å². The van der Waals surface area contributed by atoms with Gasteiger partial charge in [-0.05, 0) is 30.5 Å². The minimum absolute atomic E-state index is 0.550. The maximum absolute atomic E-state index is 5.82. The number of hydrogen-bond donors (Lipinski definition) is 0. The molecular weight excluding hydrogens is 206 g/mol. The Bertz CT molecular complexity index is 323. The van der Waals surface area contributed by atoms with Crippen molar-refractivity contribution in [2.75, 3.05) is 0 Å². The standard InChI is InChI=1S/C13H16ClN/c14-12-8-6-11(7-9-12)10-15-13-4-2-1-3-5-13/h6-10,13H,1-5H2/b15-10+. The van der Waals surface area contributed by atoms with Crippen LogP contribution in [0.3, 0.4) is 0 Å². The molecule has 15 heavy (non-hydrogen) atoms. The van der Waals surface area contributed by atoms with Crippen LogP contribution < -0.4 is 0 Å². The third-order valence-corrected chi connectivity index (χ3v) is 3.13. The molecule has 1 fully saturated rings. The monoisotopic (exact) mass is 221 g/mol. The molecule has 1 aromatic carbocycles. The summed E-state index contributed by atoms with van der Waals surface area (Å²) in [6.07, 6.45) is 8.54. The summed E-state index contributed by atoms with van der Waals surface area (Å²) in [7, 11) is 0. The summed E-state index contributed by atoms with van der Waals surface area (Å²) in [5, 5.41) is 0.782. The highest BCUT2D eigenvalue weighted by atomic mass is 35.5. The summed E-state index contributed by atoms with van der Waals surface area (Å²) in [5.74, 6) is 0. The molecule has 1 aromatic rings. The van der Waals surface area contributed by atoms with Crippen LogP contribution in [0, 0.1) is 0 Å². The van der Waals surface area contributed by atoms with Gasteiger partial charge < -0.3 is 0 Å². The van der Waals surface area contributed by atoms with Crippen molar-refractivity contribution < 1.29 is 0 Å².